The van der Waals surface area contributed by atoms with Gasteiger partial charge in [-0.15, -0.1) is 69.1 Å². The molecule has 1 unspecified atom stereocenters. The molecule has 1 aliphatic heterocycles. The van der Waals surface area contributed by atoms with E-state index in [0.717, 1.165) is 12.8 Å². The molecule has 0 radical (unpaired) electrons. The summed E-state index contributed by atoms with van der Waals surface area (Å²) in [6, 6.07) is 35.1. The monoisotopic (exact) mass is 746 g/mol. The summed E-state index contributed by atoms with van der Waals surface area (Å²) < 4.78 is 0. The first-order valence-electron chi connectivity index (χ1n) is 14.3. The molecule has 0 nitrogen and oxygen atoms in total. The van der Waals surface area contributed by atoms with Crippen molar-refractivity contribution in [2.75, 3.05) is 0 Å². The Morgan fingerprint density at radius 1 is 0.682 bits per heavy atom. The van der Waals surface area contributed by atoms with Crippen LogP contribution in [0.15, 0.2) is 131 Å². The average molecular weight is 749 g/mol. The molecule has 6 aromatic rings. The van der Waals surface area contributed by atoms with Gasteiger partial charge in [0.25, 0.3) is 0 Å². The van der Waals surface area contributed by atoms with Gasteiger partial charge < -0.3 is 24.8 Å². The zero-order valence-corrected chi connectivity index (χ0v) is 31.4. The Morgan fingerprint density at radius 2 is 1.18 bits per heavy atom. The van der Waals surface area contributed by atoms with Crippen LogP contribution in [0.3, 0.4) is 0 Å². The van der Waals surface area contributed by atoms with Crippen LogP contribution in [0, 0.1) is 5.92 Å². The van der Waals surface area contributed by atoms with Crippen LogP contribution in [-0.4, -0.2) is 0 Å². The fourth-order valence-corrected chi connectivity index (χ4v) is 8.11. The number of allylic oxidation sites excluding steroid dienone is 6. The van der Waals surface area contributed by atoms with E-state index in [4.69, 9.17) is 0 Å². The number of aryl methyl sites for hydroxylation is 2. The maximum absolute atomic E-state index is 2.31. The SMILES string of the molecule is CC1=CC2C=CC=C2S1.CCc1ccc(-c2cc3ccccc3[cH-]2)s1.CCc1ccc(-c2cc3ccccc3[cH-]2)s1.[Cl-].[Cl-].[Zr+4]. The van der Waals surface area contributed by atoms with Crippen LogP contribution >= 0.6 is 34.4 Å². The summed E-state index contributed by atoms with van der Waals surface area (Å²) >= 11 is 5.70. The number of rotatable bonds is 4. The van der Waals surface area contributed by atoms with Gasteiger partial charge in [-0.3, -0.25) is 0 Å². The Kier molecular flexibility index (Phi) is 14.2. The van der Waals surface area contributed by atoms with Crippen molar-refractivity contribution in [2.45, 2.75) is 33.6 Å². The molecule has 0 bridgehead atoms. The first-order valence-corrected chi connectivity index (χ1v) is 16.8. The van der Waals surface area contributed by atoms with E-state index in [2.05, 4.69) is 142 Å². The van der Waals surface area contributed by atoms with Crippen molar-refractivity contribution in [1.82, 2.24) is 0 Å². The second-order valence-corrected chi connectivity index (χ2v) is 14.0. The largest absolute Gasteiger partial charge is 4.00 e. The summed E-state index contributed by atoms with van der Waals surface area (Å²) in [5.74, 6) is 0.634. The molecule has 3 heterocycles. The topological polar surface area (TPSA) is 0 Å². The molecule has 0 N–H and O–H groups in total. The van der Waals surface area contributed by atoms with Gasteiger partial charge in [-0.2, -0.15) is 22.7 Å². The van der Waals surface area contributed by atoms with E-state index in [-0.39, 0.29) is 51.0 Å². The quantitative estimate of drug-likeness (QED) is 0.188. The average Bonchev–Trinajstić information content (AvgIpc) is 3.83. The molecule has 1 aliphatic carbocycles. The van der Waals surface area contributed by atoms with Crippen molar-refractivity contribution < 1.29 is 51.0 Å². The predicted octanol–water partition coefficient (Wildman–Crippen LogP) is 6.41. The number of fused-ring (bicyclic) bond motifs is 3. The summed E-state index contributed by atoms with van der Waals surface area (Å²) in [6.45, 7) is 6.58. The van der Waals surface area contributed by atoms with Crippen LogP contribution < -0.4 is 24.8 Å². The van der Waals surface area contributed by atoms with E-state index >= 15 is 0 Å². The van der Waals surface area contributed by atoms with E-state index in [1.165, 1.54) is 62.0 Å². The number of halogens is 2. The zero-order chi connectivity index (χ0) is 28.2. The number of thioether (sulfide) groups is 1. The second kappa shape index (κ2) is 17.1. The standard InChI is InChI=1S/2C15H13S.C8H8S.2ClH.Zr/c2*1-2-14-7-8-15(16-14)13-9-11-5-3-4-6-12(11)10-13;1-6-5-7-3-2-4-8(7)9-6;;;/h2*3-10H,2H2,1H3;2-5,7H,1H3;2*1H;/q2*-1;;;;+4/p-2. The third kappa shape index (κ3) is 8.66. The van der Waals surface area contributed by atoms with Crippen molar-refractivity contribution in [3.05, 3.63) is 141 Å². The second-order valence-electron chi connectivity index (χ2n) is 10.3. The number of thiophene rings is 2. The van der Waals surface area contributed by atoms with Crippen molar-refractivity contribution in [3.8, 4) is 20.9 Å². The van der Waals surface area contributed by atoms with Crippen LogP contribution in [0.4, 0.5) is 0 Å². The molecule has 0 saturated heterocycles. The number of hydrogen-bond donors (Lipinski definition) is 0. The van der Waals surface area contributed by atoms with Gasteiger partial charge >= 0.3 is 26.2 Å². The minimum atomic E-state index is 0. The van der Waals surface area contributed by atoms with Crippen LogP contribution in [0.25, 0.3) is 42.4 Å². The van der Waals surface area contributed by atoms with Gasteiger partial charge in [0.2, 0.25) is 0 Å². The maximum Gasteiger partial charge on any atom is 4.00 e. The van der Waals surface area contributed by atoms with E-state index < -0.39 is 0 Å². The van der Waals surface area contributed by atoms with Gasteiger partial charge in [0.15, 0.2) is 0 Å². The Hall–Kier alpha value is -1.91. The fourth-order valence-electron chi connectivity index (χ4n) is 5.22. The molecule has 1 atom stereocenters. The molecule has 0 spiro atoms. The van der Waals surface area contributed by atoms with E-state index in [9.17, 15) is 0 Å². The molecule has 6 heteroatoms. The van der Waals surface area contributed by atoms with Gasteiger partial charge in [0.1, 0.15) is 0 Å². The van der Waals surface area contributed by atoms with Gasteiger partial charge in [-0.1, -0.05) is 111 Å². The Bertz CT molecular complexity index is 1700. The zero-order valence-electron chi connectivity index (χ0n) is 25.0. The van der Waals surface area contributed by atoms with E-state index in [1.54, 1.807) is 0 Å². The Morgan fingerprint density at radius 3 is 1.61 bits per heavy atom. The number of benzene rings is 2. The first-order chi connectivity index (χ1) is 20.1. The summed E-state index contributed by atoms with van der Waals surface area (Å²) in [5.41, 5.74) is 2.71. The third-order valence-electron chi connectivity index (χ3n) is 7.43. The van der Waals surface area contributed by atoms with Crippen LogP contribution in [0.5, 0.6) is 0 Å². The molecule has 4 aromatic carbocycles. The summed E-state index contributed by atoms with van der Waals surface area (Å²) in [5, 5.41) is 5.35. The van der Waals surface area contributed by atoms with Crippen LogP contribution in [-0.2, 0) is 39.0 Å². The van der Waals surface area contributed by atoms with Gasteiger partial charge in [-0.05, 0) is 44.2 Å². The molecular formula is C38H34Cl2S3Zr. The van der Waals surface area contributed by atoms with Crippen molar-refractivity contribution in [3.63, 3.8) is 0 Å². The van der Waals surface area contributed by atoms with Gasteiger partial charge in [0.05, 0.1) is 0 Å². The molecule has 0 amide bonds. The molecule has 0 fully saturated rings. The van der Waals surface area contributed by atoms with Crippen LogP contribution in [0.1, 0.15) is 30.5 Å². The molecular weight excluding hydrogens is 715 g/mol. The van der Waals surface area contributed by atoms with Gasteiger partial charge in [0, 0.05) is 10.8 Å². The maximum atomic E-state index is 2.31. The first kappa shape index (κ1) is 36.6. The van der Waals surface area contributed by atoms with Crippen molar-refractivity contribution in [1.29, 1.82) is 0 Å². The summed E-state index contributed by atoms with van der Waals surface area (Å²) in [7, 11) is 0. The molecule has 2 aromatic heterocycles. The van der Waals surface area contributed by atoms with E-state index in [1.807, 2.05) is 34.4 Å². The smallest absolute Gasteiger partial charge is 1.00 e. The summed E-state index contributed by atoms with van der Waals surface area (Å²) in [4.78, 5) is 8.62. The van der Waals surface area contributed by atoms with Crippen molar-refractivity contribution in [2.24, 2.45) is 5.92 Å². The third-order valence-corrected chi connectivity index (χ3v) is 11.1. The normalized spacial score (nSPS) is 14.2. The molecule has 8 rings (SSSR count). The van der Waals surface area contributed by atoms with Crippen molar-refractivity contribution >= 4 is 56.0 Å². The van der Waals surface area contributed by atoms with E-state index in [0.29, 0.717) is 5.92 Å². The molecule has 2 aliphatic rings. The predicted molar refractivity (Wildman–Crippen MR) is 187 cm³/mol. The minimum Gasteiger partial charge on any atom is -1.00 e. The number of hydrogen-bond acceptors (Lipinski definition) is 3. The summed E-state index contributed by atoms with van der Waals surface area (Å²) in [6.07, 6.45) is 11.1. The van der Waals surface area contributed by atoms with Gasteiger partial charge in [-0.25, -0.2) is 0 Å². The molecule has 44 heavy (non-hydrogen) atoms. The fraction of sp³-hybridized carbons (Fsp3) is 0.158. The Labute approximate surface area is 305 Å². The molecule has 0 saturated carbocycles. The van der Waals surface area contributed by atoms with Crippen LogP contribution in [0.2, 0.25) is 0 Å². The Balaban J connectivity index is 0.000000181. The minimum absolute atomic E-state index is 0. The molecule has 222 valence electrons.